The van der Waals surface area contributed by atoms with Gasteiger partial charge in [0.1, 0.15) is 6.10 Å². The van der Waals surface area contributed by atoms with Crippen LogP contribution in [0.15, 0.2) is 109 Å². The van der Waals surface area contributed by atoms with Crippen LogP contribution in [0.1, 0.15) is 233 Å². The number of aliphatic hydroxyl groups is 2. The lowest BCUT2D eigenvalue weighted by Crippen LogP contribution is -2.46. The molecule has 3 N–H and O–H groups in total. The minimum Gasteiger partial charge on any atom is -0.462 e. The summed E-state index contributed by atoms with van der Waals surface area (Å²) in [6, 6.07) is -0.738. The van der Waals surface area contributed by atoms with Crippen molar-refractivity contribution in [1.29, 1.82) is 0 Å². The summed E-state index contributed by atoms with van der Waals surface area (Å²) >= 11 is 0. The average Bonchev–Trinajstić information content (AvgIpc) is 3.31. The zero-order valence-electron chi connectivity index (χ0n) is 42.8. The summed E-state index contributed by atoms with van der Waals surface area (Å²) in [5.74, 6) is -0.579. The number of unbranched alkanes of at least 4 members (excludes halogenated alkanes) is 24. The van der Waals surface area contributed by atoms with Crippen molar-refractivity contribution in [3.63, 3.8) is 0 Å². The van der Waals surface area contributed by atoms with Crippen molar-refractivity contribution in [1.82, 2.24) is 5.32 Å². The molecule has 0 fully saturated rings. The van der Waals surface area contributed by atoms with Crippen molar-refractivity contribution in [2.75, 3.05) is 6.61 Å². The number of aliphatic hydroxyl groups excluding tert-OH is 2. The average molecular weight is 916 g/mol. The van der Waals surface area contributed by atoms with Gasteiger partial charge in [-0.05, 0) is 64.2 Å². The number of carbonyl (C=O) groups excluding carboxylic acids is 2. The Morgan fingerprint density at radius 2 is 0.833 bits per heavy atom. The number of esters is 1. The number of hydrogen-bond donors (Lipinski definition) is 3. The van der Waals surface area contributed by atoms with Gasteiger partial charge < -0.3 is 20.3 Å². The second-order valence-electron chi connectivity index (χ2n) is 18.1. The van der Waals surface area contributed by atoms with Gasteiger partial charge in [0, 0.05) is 6.42 Å². The highest BCUT2D eigenvalue weighted by molar-refractivity contribution is 5.77. The maximum atomic E-state index is 13.2. The lowest BCUT2D eigenvalue weighted by atomic mass is 10.0. The van der Waals surface area contributed by atoms with Crippen LogP contribution in [0.4, 0.5) is 0 Å². The molecular formula is C60H101NO5. The first-order chi connectivity index (χ1) is 32.5. The molecule has 0 saturated heterocycles. The van der Waals surface area contributed by atoms with Gasteiger partial charge >= 0.3 is 5.97 Å². The third kappa shape index (κ3) is 47.0. The van der Waals surface area contributed by atoms with E-state index >= 15 is 0 Å². The predicted molar refractivity (Wildman–Crippen MR) is 287 cm³/mol. The van der Waals surface area contributed by atoms with Crippen LogP contribution in [0.3, 0.4) is 0 Å². The predicted octanol–water partition coefficient (Wildman–Crippen LogP) is 16.7. The summed E-state index contributed by atoms with van der Waals surface area (Å²) in [6.07, 6.45) is 71.5. The van der Waals surface area contributed by atoms with E-state index in [2.05, 4.69) is 74.7 Å². The van der Waals surface area contributed by atoms with Gasteiger partial charge in [-0.3, -0.25) is 9.59 Å². The molecule has 0 aliphatic heterocycles. The van der Waals surface area contributed by atoms with Crippen molar-refractivity contribution in [2.24, 2.45) is 0 Å². The fraction of sp³-hybridized carbons (Fsp3) is 0.667. The summed E-state index contributed by atoms with van der Waals surface area (Å²) < 4.78 is 5.90. The molecule has 6 nitrogen and oxygen atoms in total. The Labute approximate surface area is 407 Å². The van der Waals surface area contributed by atoms with E-state index in [0.717, 1.165) is 83.5 Å². The van der Waals surface area contributed by atoms with E-state index in [4.69, 9.17) is 4.74 Å². The van der Waals surface area contributed by atoms with Crippen molar-refractivity contribution in [2.45, 2.75) is 251 Å². The van der Waals surface area contributed by atoms with Crippen molar-refractivity contribution >= 4 is 11.9 Å². The maximum Gasteiger partial charge on any atom is 0.306 e. The molecule has 0 saturated carbocycles. The standard InChI is InChI=1S/C60H101NO5/c1-4-7-10-13-16-19-22-25-28-29-30-32-35-38-41-44-47-50-53-60(65)66-56(51-48-45-42-39-36-33-31-26-23-20-17-14-11-8-5-2)54-59(64)61-57(55-62)58(63)52-49-46-43-40-37-34-27-24-21-18-15-12-9-6-3/h8,11,14,17,20,22-23,25-26,28-33,36,39,42,56-58,62-63H,4-7,9-10,12-13,15-16,18-19,21,24,27,34-35,37-38,40-41,43-55H2,1-3H3,(H,61,64)/b11-8-,17-14+,23-20+,25-22+,29-28+,31-26-,32-30+,36-33+,42-39+. The smallest absolute Gasteiger partial charge is 0.306 e. The topological polar surface area (TPSA) is 95.9 Å². The van der Waals surface area contributed by atoms with Gasteiger partial charge in [-0.1, -0.05) is 265 Å². The van der Waals surface area contributed by atoms with E-state index in [1.807, 2.05) is 60.8 Å². The van der Waals surface area contributed by atoms with Gasteiger partial charge in [0.25, 0.3) is 0 Å². The third-order valence-electron chi connectivity index (χ3n) is 11.8. The van der Waals surface area contributed by atoms with Gasteiger partial charge in [-0.25, -0.2) is 0 Å². The lowest BCUT2D eigenvalue weighted by molar-refractivity contribution is -0.151. The van der Waals surface area contributed by atoms with Crippen LogP contribution >= 0.6 is 0 Å². The Hall–Kier alpha value is -3.48. The van der Waals surface area contributed by atoms with Crippen LogP contribution in [-0.2, 0) is 14.3 Å². The maximum absolute atomic E-state index is 13.2. The molecule has 6 heteroatoms. The minimum absolute atomic E-state index is 0.0119. The van der Waals surface area contributed by atoms with E-state index in [1.54, 1.807) is 0 Å². The number of hydrogen-bond acceptors (Lipinski definition) is 5. The van der Waals surface area contributed by atoms with Crippen LogP contribution in [0.2, 0.25) is 0 Å². The first-order valence-electron chi connectivity index (χ1n) is 27.2. The molecule has 376 valence electrons. The first-order valence-corrected chi connectivity index (χ1v) is 27.2. The normalized spacial score (nSPS) is 14.1. The molecule has 0 spiro atoms. The second-order valence-corrected chi connectivity index (χ2v) is 18.1. The van der Waals surface area contributed by atoms with E-state index in [9.17, 15) is 19.8 Å². The van der Waals surface area contributed by atoms with Crippen LogP contribution in [-0.4, -0.2) is 46.9 Å². The molecule has 3 unspecified atom stereocenters. The number of nitrogens with one attached hydrogen (secondary N) is 1. The molecule has 3 atom stereocenters. The monoisotopic (exact) mass is 916 g/mol. The SMILES string of the molecule is CC\C=C/C=C/C=C/C=C\C=C\C=C\CCCC(CC(=O)NC(CO)C(O)CCCCCCCCCCCCCCCC)OC(=O)CCCCCCC/C=C/C=C/C=C/CCCCCCC. The minimum atomic E-state index is -0.819. The molecular weight excluding hydrogens is 815 g/mol. The van der Waals surface area contributed by atoms with Gasteiger partial charge in [-0.2, -0.15) is 0 Å². The van der Waals surface area contributed by atoms with Crippen LogP contribution in [0.5, 0.6) is 0 Å². The molecule has 0 aliphatic carbocycles. The first kappa shape index (κ1) is 62.5. The van der Waals surface area contributed by atoms with Gasteiger partial charge in [0.15, 0.2) is 0 Å². The number of ether oxygens (including phenoxy) is 1. The van der Waals surface area contributed by atoms with Crippen molar-refractivity contribution in [3.05, 3.63) is 109 Å². The zero-order chi connectivity index (χ0) is 48.1. The Kier molecular flexibility index (Phi) is 49.7. The molecule has 0 aromatic rings. The lowest BCUT2D eigenvalue weighted by Gasteiger charge is -2.24. The number of carbonyl (C=O) groups is 2. The van der Waals surface area contributed by atoms with E-state index in [0.29, 0.717) is 19.3 Å². The molecule has 0 aromatic heterocycles. The fourth-order valence-electron chi connectivity index (χ4n) is 7.70. The number of rotatable bonds is 47. The number of allylic oxidation sites excluding steroid dienone is 18. The van der Waals surface area contributed by atoms with E-state index < -0.39 is 18.2 Å². The molecule has 0 heterocycles. The molecule has 0 aliphatic rings. The highest BCUT2D eigenvalue weighted by Crippen LogP contribution is 2.17. The van der Waals surface area contributed by atoms with Crippen molar-refractivity contribution in [3.8, 4) is 0 Å². The molecule has 0 aromatic carbocycles. The molecule has 1 amide bonds. The Morgan fingerprint density at radius 1 is 0.455 bits per heavy atom. The van der Waals surface area contributed by atoms with E-state index in [1.165, 1.54) is 103 Å². The van der Waals surface area contributed by atoms with Crippen LogP contribution in [0.25, 0.3) is 0 Å². The third-order valence-corrected chi connectivity index (χ3v) is 11.8. The summed E-state index contributed by atoms with van der Waals surface area (Å²) in [4.78, 5) is 26.2. The summed E-state index contributed by atoms with van der Waals surface area (Å²) in [5, 5.41) is 23.8. The van der Waals surface area contributed by atoms with Crippen LogP contribution < -0.4 is 5.32 Å². The molecule has 66 heavy (non-hydrogen) atoms. The van der Waals surface area contributed by atoms with E-state index in [-0.39, 0.29) is 24.9 Å². The largest absolute Gasteiger partial charge is 0.462 e. The fourth-order valence-corrected chi connectivity index (χ4v) is 7.70. The summed E-state index contributed by atoms with van der Waals surface area (Å²) in [5.41, 5.74) is 0. The summed E-state index contributed by atoms with van der Waals surface area (Å²) in [7, 11) is 0. The molecule has 0 rings (SSSR count). The Balaban J connectivity index is 4.75. The second kappa shape index (κ2) is 52.5. The van der Waals surface area contributed by atoms with Crippen molar-refractivity contribution < 1.29 is 24.5 Å². The Bertz CT molecular complexity index is 1350. The number of amides is 1. The summed E-state index contributed by atoms with van der Waals surface area (Å²) in [6.45, 7) is 6.30. The Morgan fingerprint density at radius 3 is 1.27 bits per heavy atom. The van der Waals surface area contributed by atoms with Crippen LogP contribution in [0, 0.1) is 0 Å². The van der Waals surface area contributed by atoms with Gasteiger partial charge in [-0.15, -0.1) is 0 Å². The van der Waals surface area contributed by atoms with Gasteiger partial charge in [0.05, 0.1) is 25.2 Å². The highest BCUT2D eigenvalue weighted by atomic mass is 16.5. The quantitative estimate of drug-likeness (QED) is 0.0321. The van der Waals surface area contributed by atoms with Gasteiger partial charge in [0.2, 0.25) is 5.91 Å². The highest BCUT2D eigenvalue weighted by Gasteiger charge is 2.24. The molecule has 0 radical (unpaired) electrons. The zero-order valence-corrected chi connectivity index (χ0v) is 42.8. The molecule has 0 bridgehead atoms.